The summed E-state index contributed by atoms with van der Waals surface area (Å²) in [4.78, 5) is 29.0. The van der Waals surface area contributed by atoms with E-state index in [9.17, 15) is 9.70 Å². The minimum Gasteiger partial charge on any atom is -0.486 e. The van der Waals surface area contributed by atoms with Crippen LogP contribution in [0.2, 0.25) is 0 Å². The molecule has 0 radical (unpaired) electrons. The molecule has 0 aliphatic carbocycles. The van der Waals surface area contributed by atoms with Gasteiger partial charge in [0.1, 0.15) is 38.0 Å². The Morgan fingerprint density at radius 2 is 2.00 bits per heavy atom. The number of thioether (sulfide) groups is 1. The number of pyridine rings is 1. The van der Waals surface area contributed by atoms with Crippen molar-refractivity contribution in [2.24, 2.45) is 5.18 Å². The number of carbonyl (C=O) groups is 1. The Kier molecular flexibility index (Phi) is 5.49. The predicted molar refractivity (Wildman–Crippen MR) is 128 cm³/mol. The minimum atomic E-state index is -0.485. The van der Waals surface area contributed by atoms with E-state index in [1.807, 2.05) is 25.2 Å². The van der Waals surface area contributed by atoms with Crippen molar-refractivity contribution in [3.8, 4) is 11.5 Å². The Morgan fingerprint density at radius 3 is 2.73 bits per heavy atom. The monoisotopic (exact) mass is 463 g/mol. The maximum atomic E-state index is 13.3. The molecule has 1 amide bonds. The van der Waals surface area contributed by atoms with E-state index >= 15 is 0 Å². The molecule has 3 heterocycles. The summed E-state index contributed by atoms with van der Waals surface area (Å²) in [6, 6.07) is 12.3. The van der Waals surface area contributed by atoms with Crippen molar-refractivity contribution >= 4 is 41.0 Å². The van der Waals surface area contributed by atoms with E-state index in [-0.39, 0.29) is 11.9 Å². The van der Waals surface area contributed by atoms with E-state index in [1.165, 1.54) is 11.8 Å². The molecule has 168 valence electrons. The third-order valence-electron chi connectivity index (χ3n) is 5.84. The first-order valence-corrected chi connectivity index (χ1v) is 11.5. The molecule has 2 aliphatic rings. The number of nitroso groups, excluding NO2 is 1. The van der Waals surface area contributed by atoms with Gasteiger partial charge in [0, 0.05) is 17.1 Å². The lowest BCUT2D eigenvalue weighted by molar-refractivity contribution is -0.533. The molecule has 1 aromatic heterocycles. The van der Waals surface area contributed by atoms with E-state index < -0.39 is 11.3 Å². The molecule has 2 aliphatic heterocycles. The molecule has 3 unspecified atom stereocenters. The largest absolute Gasteiger partial charge is 0.486 e. The molecule has 33 heavy (non-hydrogen) atoms. The Balaban J connectivity index is 1.46. The second kappa shape index (κ2) is 8.47. The summed E-state index contributed by atoms with van der Waals surface area (Å²) in [5.74, 6) is 1.23. The highest BCUT2D eigenvalue weighted by atomic mass is 32.2. The van der Waals surface area contributed by atoms with Gasteiger partial charge < -0.3 is 14.8 Å². The van der Waals surface area contributed by atoms with Crippen molar-refractivity contribution in [1.29, 1.82) is 0 Å². The molecule has 3 aromatic rings. The predicted octanol–water partition coefficient (Wildman–Crippen LogP) is 4.33. The highest BCUT2D eigenvalue weighted by molar-refractivity contribution is 8.01. The fourth-order valence-electron chi connectivity index (χ4n) is 4.18. The van der Waals surface area contributed by atoms with E-state index in [1.54, 1.807) is 29.7 Å². The van der Waals surface area contributed by atoms with Gasteiger partial charge in [0.15, 0.2) is 16.7 Å². The Hall–Kier alpha value is -3.46. The summed E-state index contributed by atoms with van der Waals surface area (Å²) in [6.45, 7) is 6.82. The van der Waals surface area contributed by atoms with Crippen LogP contribution in [0.1, 0.15) is 30.1 Å². The summed E-state index contributed by atoms with van der Waals surface area (Å²) in [5, 5.41) is 7.33. The molecule has 2 aromatic carbocycles. The fraction of sp³-hybridized carbons (Fsp3) is 0.292. The second-order valence-electron chi connectivity index (χ2n) is 8.21. The zero-order valence-electron chi connectivity index (χ0n) is 18.3. The number of nitrogens with one attached hydrogen (secondary N) is 1. The zero-order chi connectivity index (χ0) is 23.1. The number of anilines is 1. The molecule has 0 bridgehead atoms. The molecule has 5 rings (SSSR count). The molecule has 1 N–H and O–H groups in total. The SMILES string of the molecule is C=[N+](C)C1c2cc3cc4c(cc3nc2SC1C(=O)Nc1cccc(C(C)N=O)c1)OCCO4. The Labute approximate surface area is 195 Å². The van der Waals surface area contributed by atoms with Crippen molar-refractivity contribution in [3.05, 3.63) is 58.5 Å². The summed E-state index contributed by atoms with van der Waals surface area (Å²) in [5.41, 5.74) is 3.11. The van der Waals surface area contributed by atoms with E-state index in [4.69, 9.17) is 14.5 Å². The van der Waals surface area contributed by atoms with Gasteiger partial charge in [0.25, 0.3) is 0 Å². The summed E-state index contributed by atoms with van der Waals surface area (Å²) in [6.07, 6.45) is 0. The van der Waals surface area contributed by atoms with Gasteiger partial charge in [-0.25, -0.2) is 9.56 Å². The van der Waals surface area contributed by atoms with Crippen LogP contribution in [0.5, 0.6) is 11.5 Å². The quantitative estimate of drug-likeness (QED) is 0.344. The lowest BCUT2D eigenvalue weighted by Gasteiger charge is -2.19. The lowest BCUT2D eigenvalue weighted by Crippen LogP contribution is -2.32. The van der Waals surface area contributed by atoms with Crippen LogP contribution in [0.15, 0.2) is 52.7 Å². The topological polar surface area (TPSA) is 92.9 Å². The molecule has 0 fully saturated rings. The first kappa shape index (κ1) is 21.4. The van der Waals surface area contributed by atoms with Crippen molar-refractivity contribution in [3.63, 3.8) is 0 Å². The number of amides is 1. The van der Waals surface area contributed by atoms with Crippen LogP contribution in [-0.4, -0.2) is 47.7 Å². The maximum absolute atomic E-state index is 13.3. The van der Waals surface area contributed by atoms with Crippen LogP contribution in [0.4, 0.5) is 5.69 Å². The van der Waals surface area contributed by atoms with Crippen LogP contribution in [0.3, 0.4) is 0 Å². The van der Waals surface area contributed by atoms with E-state index in [0.717, 1.165) is 27.1 Å². The molecule has 3 atom stereocenters. The number of carbonyl (C=O) groups excluding carboxylic acids is 1. The molecular weight excluding hydrogens is 440 g/mol. The molecule has 0 saturated heterocycles. The third-order valence-corrected chi connectivity index (χ3v) is 7.12. The van der Waals surface area contributed by atoms with Crippen molar-refractivity contribution in [1.82, 2.24) is 4.98 Å². The summed E-state index contributed by atoms with van der Waals surface area (Å²) < 4.78 is 13.2. The number of benzene rings is 2. The van der Waals surface area contributed by atoms with Crippen molar-refractivity contribution in [2.75, 3.05) is 25.6 Å². The van der Waals surface area contributed by atoms with Crippen LogP contribution in [0.25, 0.3) is 10.9 Å². The van der Waals surface area contributed by atoms with Gasteiger partial charge >= 0.3 is 0 Å². The number of aromatic nitrogens is 1. The smallest absolute Gasteiger partial charge is 0.245 e. The summed E-state index contributed by atoms with van der Waals surface area (Å²) >= 11 is 1.42. The number of hydrogen-bond donors (Lipinski definition) is 1. The molecular formula is C24H23N4O4S+. The Bertz CT molecular complexity index is 1290. The first-order valence-electron chi connectivity index (χ1n) is 10.6. The third kappa shape index (κ3) is 3.93. The molecule has 9 heteroatoms. The first-order chi connectivity index (χ1) is 15.9. The van der Waals surface area contributed by atoms with Gasteiger partial charge in [0.05, 0.1) is 11.1 Å². The molecule has 0 spiro atoms. The molecule has 0 saturated carbocycles. The highest BCUT2D eigenvalue weighted by Gasteiger charge is 2.45. The van der Waals surface area contributed by atoms with Crippen LogP contribution < -0.4 is 14.8 Å². The van der Waals surface area contributed by atoms with Gasteiger partial charge in [-0.2, -0.15) is 4.91 Å². The number of nitrogens with zero attached hydrogens (tertiary/aromatic N) is 3. The van der Waals surface area contributed by atoms with Crippen molar-refractivity contribution < 1.29 is 18.8 Å². The fourth-order valence-corrected chi connectivity index (χ4v) is 5.54. The standard InChI is InChI=1S/C24H22N4O4S/c1-13(27-30)14-5-4-6-16(9-14)25-23(29)22-21(28(2)3)17-10-15-11-19-20(32-8-7-31-19)12-18(15)26-24(17)33-22/h4-6,9-13,21-22H,2,7-8H2,1,3H3/p+1. The number of rotatable bonds is 5. The van der Waals surface area contributed by atoms with Gasteiger partial charge in [0.2, 0.25) is 11.9 Å². The van der Waals surface area contributed by atoms with E-state index in [2.05, 4.69) is 23.3 Å². The highest BCUT2D eigenvalue weighted by Crippen LogP contribution is 2.47. The molecule has 8 nitrogen and oxygen atoms in total. The van der Waals surface area contributed by atoms with Gasteiger partial charge in [-0.1, -0.05) is 29.1 Å². The van der Waals surface area contributed by atoms with Gasteiger partial charge in [-0.05, 0) is 36.8 Å². The van der Waals surface area contributed by atoms with Gasteiger partial charge in [-0.15, -0.1) is 0 Å². The normalized spacial score (nSPS) is 19.6. The second-order valence-corrected chi connectivity index (χ2v) is 9.34. The van der Waals surface area contributed by atoms with Crippen LogP contribution in [-0.2, 0) is 4.79 Å². The van der Waals surface area contributed by atoms with Crippen LogP contribution in [0, 0.1) is 4.91 Å². The van der Waals surface area contributed by atoms with Crippen molar-refractivity contribution in [2.45, 2.75) is 29.3 Å². The summed E-state index contributed by atoms with van der Waals surface area (Å²) in [7, 11) is 1.85. The maximum Gasteiger partial charge on any atom is 0.245 e. The lowest BCUT2D eigenvalue weighted by atomic mass is 10.0. The average molecular weight is 464 g/mol. The van der Waals surface area contributed by atoms with Gasteiger partial charge in [-0.3, -0.25) is 4.79 Å². The zero-order valence-corrected chi connectivity index (χ0v) is 19.1. The average Bonchev–Trinajstić information content (AvgIpc) is 3.19. The number of fused-ring (bicyclic) bond motifs is 3. The number of ether oxygens (including phenoxy) is 2. The minimum absolute atomic E-state index is 0.155. The Morgan fingerprint density at radius 1 is 1.24 bits per heavy atom. The van der Waals surface area contributed by atoms with Crippen LogP contribution >= 0.6 is 11.8 Å². The number of hydrogen-bond acceptors (Lipinski definition) is 7. The van der Waals surface area contributed by atoms with E-state index in [0.29, 0.717) is 30.4 Å².